The molecule has 0 bridgehead atoms. The summed E-state index contributed by atoms with van der Waals surface area (Å²) in [6.45, 7) is 6.56. The van der Waals surface area contributed by atoms with Gasteiger partial charge in [-0.1, -0.05) is 311 Å². The van der Waals surface area contributed by atoms with Crippen LogP contribution in [-0.4, -0.2) is 37.2 Å². The second-order valence-corrected chi connectivity index (χ2v) is 23.8. The Bertz CT molecular complexity index is 1550. The molecule has 0 aliphatic rings. The summed E-state index contributed by atoms with van der Waals surface area (Å²) in [5.74, 6) is -0.889. The van der Waals surface area contributed by atoms with Crippen LogP contribution < -0.4 is 0 Å². The quantitative estimate of drug-likeness (QED) is 0.0261. The van der Waals surface area contributed by atoms with Crippen molar-refractivity contribution in [1.29, 1.82) is 0 Å². The van der Waals surface area contributed by atoms with E-state index in [9.17, 15) is 14.4 Å². The minimum Gasteiger partial charge on any atom is -0.462 e. The third-order valence-corrected chi connectivity index (χ3v) is 15.6. The smallest absolute Gasteiger partial charge is 0.306 e. The van der Waals surface area contributed by atoms with E-state index >= 15 is 0 Å². The molecule has 474 valence electrons. The third-order valence-electron chi connectivity index (χ3n) is 15.6. The molecule has 0 aliphatic heterocycles. The van der Waals surface area contributed by atoms with Crippen molar-refractivity contribution >= 4 is 17.9 Å². The van der Waals surface area contributed by atoms with Crippen LogP contribution >= 0.6 is 0 Å². The molecule has 0 radical (unpaired) electrons. The molecular weight excluding hydrogens is 1010 g/mol. The number of esters is 3. The van der Waals surface area contributed by atoms with Crippen LogP contribution in [0.3, 0.4) is 0 Å². The average molecular weight is 1140 g/mol. The lowest BCUT2D eigenvalue weighted by Crippen LogP contribution is -2.30. The van der Waals surface area contributed by atoms with Gasteiger partial charge in [-0.2, -0.15) is 0 Å². The molecule has 0 saturated heterocycles. The first-order valence-corrected chi connectivity index (χ1v) is 35.6. The molecule has 0 rings (SSSR count). The molecule has 0 aromatic heterocycles. The van der Waals surface area contributed by atoms with Crippen LogP contribution in [0.2, 0.25) is 0 Å². The first-order valence-electron chi connectivity index (χ1n) is 35.6. The van der Waals surface area contributed by atoms with E-state index in [0.717, 1.165) is 109 Å². The zero-order chi connectivity index (χ0) is 59.2. The van der Waals surface area contributed by atoms with Crippen molar-refractivity contribution in [1.82, 2.24) is 0 Å². The summed E-state index contributed by atoms with van der Waals surface area (Å²) >= 11 is 0. The van der Waals surface area contributed by atoms with Crippen molar-refractivity contribution in [2.24, 2.45) is 0 Å². The summed E-state index contributed by atoms with van der Waals surface area (Å²) < 4.78 is 17.0. The lowest BCUT2D eigenvalue weighted by Gasteiger charge is -2.18. The SMILES string of the molecule is CC/C=C\C/C=C\C/C=C\C/C=C\C/C=C\CCCCCCCC(=O)OC(COC(=O)CCCCCCCCC/C=C\CCCCCCCCC)COC(=O)CCCCCCCCCCCCCCC/C=C\CCCCCCCCCC. The number of allylic oxidation sites excluding steroid dienone is 14. The van der Waals surface area contributed by atoms with Crippen molar-refractivity contribution in [3.05, 3.63) is 85.1 Å². The number of rotatable bonds is 65. The standard InChI is InChI=1S/C76H134O6/c1-4-7-10-13-16-19-22-25-28-31-34-36-37-38-39-41-42-45-48-51-54-57-60-63-66-69-75(78)81-72-73(71-80-74(77)68-65-62-59-56-53-50-47-44-33-30-27-24-21-18-15-12-9-6-3)82-76(79)70-67-64-61-58-55-52-49-46-43-40-35-32-29-26-23-20-17-14-11-8-5-2/h8,11,17,20,26,29-31,33-35,40,46,49,73H,4-7,9-10,12-16,18-19,21-25,27-28,32,36-39,41-45,47-48,50-72H2,1-3H3/b11-8-,20-17-,29-26-,33-30-,34-31-,40-35-,49-46-. The number of carbonyl (C=O) groups is 3. The predicted molar refractivity (Wildman–Crippen MR) is 358 cm³/mol. The van der Waals surface area contributed by atoms with Gasteiger partial charge in [0.2, 0.25) is 0 Å². The monoisotopic (exact) mass is 1140 g/mol. The molecule has 0 saturated carbocycles. The van der Waals surface area contributed by atoms with Gasteiger partial charge in [0.1, 0.15) is 13.2 Å². The van der Waals surface area contributed by atoms with Crippen LogP contribution in [0.4, 0.5) is 0 Å². The van der Waals surface area contributed by atoms with Gasteiger partial charge < -0.3 is 14.2 Å². The van der Waals surface area contributed by atoms with Crippen molar-refractivity contribution < 1.29 is 28.6 Å². The Morgan fingerprint density at radius 3 is 0.756 bits per heavy atom. The Morgan fingerprint density at radius 1 is 0.256 bits per heavy atom. The van der Waals surface area contributed by atoms with Gasteiger partial charge in [-0.25, -0.2) is 0 Å². The summed E-state index contributed by atoms with van der Waals surface area (Å²) in [5, 5.41) is 0. The van der Waals surface area contributed by atoms with E-state index in [1.54, 1.807) is 0 Å². The molecule has 82 heavy (non-hydrogen) atoms. The van der Waals surface area contributed by atoms with Crippen LogP contribution in [0.25, 0.3) is 0 Å². The maximum absolute atomic E-state index is 13.0. The molecule has 0 heterocycles. The van der Waals surface area contributed by atoms with Crippen molar-refractivity contribution in [3.63, 3.8) is 0 Å². The predicted octanol–water partition coefficient (Wildman–Crippen LogP) is 24.6. The number of ether oxygens (including phenoxy) is 3. The maximum Gasteiger partial charge on any atom is 0.306 e. The van der Waals surface area contributed by atoms with E-state index in [2.05, 4.69) is 106 Å². The van der Waals surface area contributed by atoms with Crippen LogP contribution in [-0.2, 0) is 28.6 Å². The molecule has 0 aliphatic carbocycles. The molecule has 1 unspecified atom stereocenters. The molecule has 0 spiro atoms. The van der Waals surface area contributed by atoms with Gasteiger partial charge >= 0.3 is 17.9 Å². The summed E-state index contributed by atoms with van der Waals surface area (Å²) in [7, 11) is 0. The fraction of sp³-hybridized carbons (Fsp3) is 0.776. The lowest BCUT2D eigenvalue weighted by atomic mass is 10.0. The summed E-state index contributed by atoms with van der Waals surface area (Å²) in [6, 6.07) is 0. The maximum atomic E-state index is 13.0. The summed E-state index contributed by atoms with van der Waals surface area (Å²) in [4.78, 5) is 38.5. The van der Waals surface area contributed by atoms with Crippen molar-refractivity contribution in [2.45, 2.75) is 367 Å². The van der Waals surface area contributed by atoms with Crippen LogP contribution in [0.1, 0.15) is 361 Å². The minimum absolute atomic E-state index is 0.0839. The van der Waals surface area contributed by atoms with Gasteiger partial charge in [0.25, 0.3) is 0 Å². The molecule has 6 nitrogen and oxygen atoms in total. The average Bonchev–Trinajstić information content (AvgIpc) is 3.47. The molecule has 1 atom stereocenters. The largest absolute Gasteiger partial charge is 0.462 e. The van der Waals surface area contributed by atoms with E-state index in [0.29, 0.717) is 19.3 Å². The van der Waals surface area contributed by atoms with Crippen LogP contribution in [0.5, 0.6) is 0 Å². The molecule has 0 aromatic carbocycles. The third kappa shape index (κ3) is 67.4. The van der Waals surface area contributed by atoms with E-state index < -0.39 is 6.10 Å². The first kappa shape index (κ1) is 78.6. The Labute approximate surface area is 509 Å². The van der Waals surface area contributed by atoms with E-state index in [-0.39, 0.29) is 31.1 Å². The molecule has 0 amide bonds. The highest BCUT2D eigenvalue weighted by Crippen LogP contribution is 2.17. The molecular formula is C76H134O6. The number of unbranched alkanes of at least 4 members (excludes halogenated alkanes) is 40. The lowest BCUT2D eigenvalue weighted by molar-refractivity contribution is -0.167. The van der Waals surface area contributed by atoms with Crippen molar-refractivity contribution in [2.75, 3.05) is 13.2 Å². The Hall–Kier alpha value is -3.41. The van der Waals surface area contributed by atoms with Crippen LogP contribution in [0.15, 0.2) is 85.1 Å². The Morgan fingerprint density at radius 2 is 0.476 bits per heavy atom. The van der Waals surface area contributed by atoms with Crippen molar-refractivity contribution in [3.8, 4) is 0 Å². The molecule has 6 heteroatoms. The highest BCUT2D eigenvalue weighted by atomic mass is 16.6. The highest BCUT2D eigenvalue weighted by molar-refractivity contribution is 5.71. The van der Waals surface area contributed by atoms with Gasteiger partial charge in [-0.3, -0.25) is 14.4 Å². The zero-order valence-electron chi connectivity index (χ0n) is 54.5. The van der Waals surface area contributed by atoms with E-state index in [4.69, 9.17) is 14.2 Å². The second-order valence-electron chi connectivity index (χ2n) is 23.8. The van der Waals surface area contributed by atoms with Gasteiger partial charge in [0, 0.05) is 19.3 Å². The normalized spacial score (nSPS) is 12.6. The van der Waals surface area contributed by atoms with Gasteiger partial charge in [-0.05, 0) is 116 Å². The highest BCUT2D eigenvalue weighted by Gasteiger charge is 2.19. The first-order chi connectivity index (χ1) is 40.5. The topological polar surface area (TPSA) is 78.9 Å². The number of hydrogen-bond acceptors (Lipinski definition) is 6. The fourth-order valence-corrected chi connectivity index (χ4v) is 10.3. The molecule has 0 N–H and O–H groups in total. The number of carbonyl (C=O) groups excluding carboxylic acids is 3. The minimum atomic E-state index is -0.791. The van der Waals surface area contributed by atoms with E-state index in [1.165, 1.54) is 212 Å². The zero-order valence-corrected chi connectivity index (χ0v) is 54.5. The fourth-order valence-electron chi connectivity index (χ4n) is 10.3. The Kier molecular flexibility index (Phi) is 67.2. The molecule has 0 fully saturated rings. The molecule has 0 aromatic rings. The summed E-state index contributed by atoms with van der Waals surface area (Å²) in [6.07, 6.45) is 93.2. The Balaban J connectivity index is 4.37. The summed E-state index contributed by atoms with van der Waals surface area (Å²) in [5.41, 5.74) is 0. The van der Waals surface area contributed by atoms with Gasteiger partial charge in [0.15, 0.2) is 6.10 Å². The van der Waals surface area contributed by atoms with Gasteiger partial charge in [0.05, 0.1) is 0 Å². The van der Waals surface area contributed by atoms with Crippen LogP contribution in [0, 0.1) is 0 Å². The number of hydrogen-bond donors (Lipinski definition) is 0. The second kappa shape index (κ2) is 70.1. The van der Waals surface area contributed by atoms with E-state index in [1.807, 2.05) is 0 Å². The van der Waals surface area contributed by atoms with Gasteiger partial charge in [-0.15, -0.1) is 0 Å².